The van der Waals surface area contributed by atoms with Crippen LogP contribution in [0.2, 0.25) is 0 Å². The van der Waals surface area contributed by atoms with Crippen LogP contribution in [-0.2, 0) is 0 Å². The number of rotatable bonds is 0. The third-order valence-corrected chi connectivity index (χ3v) is 2.37. The molecule has 66 valence electrons. The van der Waals surface area contributed by atoms with E-state index in [1.165, 1.54) is 6.21 Å². The van der Waals surface area contributed by atoms with Crippen molar-refractivity contribution < 1.29 is 4.79 Å². The Morgan fingerprint density at radius 3 is 3.07 bits per heavy atom. The van der Waals surface area contributed by atoms with Crippen molar-refractivity contribution in [3.05, 3.63) is 40.0 Å². The predicted octanol–water partition coefficient (Wildman–Crippen LogP) is 0.296. The summed E-state index contributed by atoms with van der Waals surface area (Å²) < 4.78 is 0. The van der Waals surface area contributed by atoms with Crippen molar-refractivity contribution in [3.8, 4) is 0 Å². The lowest BCUT2D eigenvalue weighted by Crippen LogP contribution is -2.24. The molecule has 0 aromatic heterocycles. The summed E-state index contributed by atoms with van der Waals surface area (Å²) in [6.07, 6.45) is 6.92. The zero-order valence-electron chi connectivity index (χ0n) is 7.27. The fraction of sp³-hybridized carbons (Fsp3) is 0. The van der Waals surface area contributed by atoms with Gasteiger partial charge < -0.3 is 0 Å². The third kappa shape index (κ3) is 0.836. The Kier molecular flexibility index (Phi) is 1.31. The lowest BCUT2D eigenvalue weighted by Gasteiger charge is -2.04. The average Bonchev–Trinajstić information content (AvgIpc) is 2.65. The molecule has 3 rings (SSSR count). The Morgan fingerprint density at radius 2 is 2.14 bits per heavy atom. The van der Waals surface area contributed by atoms with Crippen LogP contribution in [0.15, 0.2) is 28.3 Å². The van der Waals surface area contributed by atoms with Crippen LogP contribution in [0.1, 0.15) is 15.9 Å². The van der Waals surface area contributed by atoms with Crippen LogP contribution in [-0.4, -0.2) is 12.1 Å². The molecule has 3 heteroatoms. The summed E-state index contributed by atoms with van der Waals surface area (Å²) in [6.45, 7) is 0. The summed E-state index contributed by atoms with van der Waals surface area (Å²) in [5, 5.41) is 1.77. The summed E-state index contributed by atoms with van der Waals surface area (Å²) in [5.74, 6) is -0.180. The van der Waals surface area contributed by atoms with Crippen molar-refractivity contribution in [2.75, 3.05) is 0 Å². The molecule has 14 heavy (non-hydrogen) atoms. The normalized spacial score (nSPS) is 15.9. The van der Waals surface area contributed by atoms with E-state index in [0.29, 0.717) is 5.56 Å². The molecule has 0 fully saturated rings. The highest BCUT2D eigenvalue weighted by atomic mass is 16.1. The van der Waals surface area contributed by atoms with Crippen LogP contribution < -0.4 is 10.6 Å². The molecule has 1 aromatic carbocycles. The van der Waals surface area contributed by atoms with Gasteiger partial charge in [0.15, 0.2) is 0 Å². The lowest BCUT2D eigenvalue weighted by molar-refractivity contribution is 0.100. The summed E-state index contributed by atoms with van der Waals surface area (Å²) in [6, 6.07) is 3.81. The van der Waals surface area contributed by atoms with Crippen molar-refractivity contribution in [1.29, 1.82) is 0 Å². The summed E-state index contributed by atoms with van der Waals surface area (Å²) in [5.41, 5.74) is 1.56. The number of benzene rings is 1. The van der Waals surface area contributed by atoms with Gasteiger partial charge in [-0.1, -0.05) is 6.07 Å². The molecule has 0 aliphatic carbocycles. The van der Waals surface area contributed by atoms with Gasteiger partial charge in [0, 0.05) is 18.0 Å². The van der Waals surface area contributed by atoms with Crippen LogP contribution in [0, 0.1) is 0 Å². The minimum absolute atomic E-state index is 0.180. The number of nitrogens with zero attached hydrogens (tertiary/aromatic N) is 2. The molecular weight excluding hydrogens is 176 g/mol. The topological polar surface area (TPSA) is 41.8 Å². The van der Waals surface area contributed by atoms with Gasteiger partial charge in [-0.2, -0.15) is 0 Å². The van der Waals surface area contributed by atoms with E-state index in [1.807, 2.05) is 24.3 Å². The van der Waals surface area contributed by atoms with Gasteiger partial charge in [-0.05, 0) is 23.4 Å². The second-order valence-corrected chi connectivity index (χ2v) is 3.16. The second-order valence-electron chi connectivity index (χ2n) is 3.16. The highest BCUT2D eigenvalue weighted by Gasteiger charge is 2.15. The van der Waals surface area contributed by atoms with Crippen molar-refractivity contribution >= 4 is 24.3 Å². The van der Waals surface area contributed by atoms with Gasteiger partial charge in [-0.3, -0.25) is 9.79 Å². The van der Waals surface area contributed by atoms with Crippen LogP contribution in [0.5, 0.6) is 0 Å². The molecule has 0 bridgehead atoms. The maximum absolute atomic E-state index is 11.6. The zero-order chi connectivity index (χ0) is 9.54. The quantitative estimate of drug-likeness (QED) is 0.568. The minimum Gasteiger partial charge on any atom is -0.267 e. The molecule has 1 aromatic rings. The van der Waals surface area contributed by atoms with Gasteiger partial charge >= 0.3 is 0 Å². The molecule has 0 spiro atoms. The smallest absolute Gasteiger partial charge is 0.267 e. The number of aliphatic imine (C=N–C) groups is 1. The molecular formula is C11H6N2O. The largest absolute Gasteiger partial charge is 0.278 e. The van der Waals surface area contributed by atoms with Gasteiger partial charge in [0.2, 0.25) is 0 Å². The van der Waals surface area contributed by atoms with Gasteiger partial charge in [-0.25, -0.2) is 4.99 Å². The van der Waals surface area contributed by atoms with Gasteiger partial charge in [0.05, 0.1) is 10.9 Å². The molecule has 0 N–H and O–H groups in total. The van der Waals surface area contributed by atoms with E-state index >= 15 is 0 Å². The van der Waals surface area contributed by atoms with E-state index in [4.69, 9.17) is 0 Å². The Morgan fingerprint density at radius 1 is 1.21 bits per heavy atom. The van der Waals surface area contributed by atoms with Crippen LogP contribution in [0.25, 0.3) is 12.2 Å². The van der Waals surface area contributed by atoms with Crippen LogP contribution in [0.3, 0.4) is 0 Å². The summed E-state index contributed by atoms with van der Waals surface area (Å²) >= 11 is 0. The highest BCUT2D eigenvalue weighted by molar-refractivity contribution is 6.11. The number of carbonyl (C=O) groups is 1. The zero-order valence-corrected chi connectivity index (χ0v) is 7.27. The molecule has 0 unspecified atom stereocenters. The standard InChI is InChI=1S/C11H6N2O/c14-11-10-7(3-5-13-11)1-2-9-8(10)4-6-12-9/h1-6H. The molecule has 2 heterocycles. The first-order chi connectivity index (χ1) is 6.86. The molecule has 1 amide bonds. The first-order valence-electron chi connectivity index (χ1n) is 4.32. The van der Waals surface area contributed by atoms with Crippen molar-refractivity contribution in [1.82, 2.24) is 0 Å². The van der Waals surface area contributed by atoms with E-state index in [2.05, 4.69) is 9.98 Å². The molecule has 0 saturated heterocycles. The summed E-state index contributed by atoms with van der Waals surface area (Å²) in [7, 11) is 0. The van der Waals surface area contributed by atoms with E-state index in [1.54, 1.807) is 6.20 Å². The monoisotopic (exact) mass is 182 g/mol. The Labute approximate surface area is 79.8 Å². The predicted molar refractivity (Wildman–Crippen MR) is 53.5 cm³/mol. The maximum atomic E-state index is 11.6. The second kappa shape index (κ2) is 2.48. The van der Waals surface area contributed by atoms with E-state index in [9.17, 15) is 4.79 Å². The van der Waals surface area contributed by atoms with Crippen molar-refractivity contribution in [3.63, 3.8) is 0 Å². The van der Waals surface area contributed by atoms with Crippen molar-refractivity contribution in [2.24, 2.45) is 9.98 Å². The van der Waals surface area contributed by atoms with Crippen LogP contribution >= 0.6 is 0 Å². The molecule has 0 atom stereocenters. The lowest BCUT2D eigenvalue weighted by atomic mass is 10.0. The number of hydrogen-bond donors (Lipinski definition) is 0. The Balaban J connectivity index is 2.52. The molecule has 2 aliphatic rings. The van der Waals surface area contributed by atoms with E-state index in [0.717, 1.165) is 16.1 Å². The number of carbonyl (C=O) groups excluding carboxylic acids is 1. The molecule has 2 aliphatic heterocycles. The van der Waals surface area contributed by atoms with Gasteiger partial charge in [0.1, 0.15) is 0 Å². The van der Waals surface area contributed by atoms with Gasteiger partial charge in [-0.15, -0.1) is 0 Å². The number of amides is 1. The van der Waals surface area contributed by atoms with Crippen LogP contribution in [0.4, 0.5) is 0 Å². The van der Waals surface area contributed by atoms with E-state index in [-0.39, 0.29) is 5.91 Å². The fourth-order valence-corrected chi connectivity index (χ4v) is 1.73. The number of hydrogen-bond acceptors (Lipinski definition) is 2. The minimum atomic E-state index is -0.180. The molecule has 0 radical (unpaired) electrons. The van der Waals surface area contributed by atoms with Crippen molar-refractivity contribution in [2.45, 2.75) is 0 Å². The average molecular weight is 182 g/mol. The Hall–Kier alpha value is -2.03. The SMILES string of the molecule is O=C1N=CC=c2ccc3c(c21)C=CN=3. The molecule has 0 saturated carbocycles. The Bertz CT molecular complexity index is 609. The first-order valence-corrected chi connectivity index (χ1v) is 4.32. The summed E-state index contributed by atoms with van der Waals surface area (Å²) in [4.78, 5) is 19.4. The molecule has 3 nitrogen and oxygen atoms in total. The number of fused-ring (bicyclic) bond motifs is 3. The first kappa shape index (κ1) is 7.38. The van der Waals surface area contributed by atoms with Gasteiger partial charge in [0.25, 0.3) is 5.91 Å². The van der Waals surface area contributed by atoms with E-state index < -0.39 is 0 Å². The fourth-order valence-electron chi connectivity index (χ4n) is 1.73. The third-order valence-electron chi connectivity index (χ3n) is 2.37. The maximum Gasteiger partial charge on any atom is 0.278 e. The highest BCUT2D eigenvalue weighted by Crippen LogP contribution is 2.08.